The quantitative estimate of drug-likeness (QED) is 0.0623. The third-order valence-electron chi connectivity index (χ3n) is 30.1. The standard InChI is InChI=1S/C22H20N4O7.C21H22N2O7.C19H24N2O7.C18H24N2O7.C16H20N2O7/c27-17-14-10(6-12-21(17)33-8-32-12)13-15(23-22(14)31)18(28)20(30)19(29)16(13)26-7-11(24-25-26)9-4-2-1-3-5-9;24-16-13-10(6-11-20(16)30-8-29-11)12-14(22-7-9-4-2-1-3-5-9)17(25)19(27)18(26)15(12)23-21(13)28;22-14-11-8(6-9-18(14)28-7-27-9)10-12(20-19(11)26)15(23)17(25)16(24)13(10)21-4-2-1-3-5-21;1-6(2)4-19-11-9-7-3-8-17(27-5-26-8)13(21)10(7)18(25)20-12(9)15(23)16(24)14(11)22;1-18(2)10-7-5-3-6-15(25-4-24-6)11(19)8(5)16(23)17-9(7)12(20)14(22)13(10)21/h1-7,13,15-16,18-20,27-30H,8H2,(H,23,31);1-6,12,14-15,17-19,22,24-27H,7-8H2,(H,23,28);6,10,12-13,15-17,22-25H,1-5,7H2,(H,20,26);3,6,9,11-12,14-16,19,21-24H,4-5H2,1-2H3,(H,20,25);3,7,9-10,12-14,19-22H,4H2,1-2H3,(H,17,23)/t13-,15-,16-,18+,19+,20+;12-,14+,15+,17-,18-,19+;10-,12-,13-,15+,16+,17+;9-,11+,12+,14-,15-,16+;7-,9-,10-,12+,13+,14+/m10101/s1. The zero-order valence-corrected chi connectivity index (χ0v) is 76.9. The van der Waals surface area contributed by atoms with Gasteiger partial charge >= 0.3 is 0 Å². The summed E-state index contributed by atoms with van der Waals surface area (Å²) in [6.45, 7) is 6.10. The van der Waals surface area contributed by atoms with E-state index in [9.17, 15) is 126 Å². The topological polar surface area (TPSA) is 704 Å². The molecular weight excluding hydrogens is 1880 g/mol. The summed E-state index contributed by atoms with van der Waals surface area (Å²) in [5, 5.41) is 240. The van der Waals surface area contributed by atoms with E-state index in [1.165, 1.54) is 4.68 Å². The molecule has 6 fully saturated rings. The van der Waals surface area contributed by atoms with Crippen LogP contribution < -0.4 is 84.6 Å². The number of aliphatic hydroxyl groups excluding tert-OH is 15. The van der Waals surface area contributed by atoms with Crippen molar-refractivity contribution < 1.29 is 173 Å². The number of nitrogens with one attached hydrogen (secondary N) is 7. The zero-order valence-electron chi connectivity index (χ0n) is 76.9. The summed E-state index contributed by atoms with van der Waals surface area (Å²) in [5.74, 6) is -5.41. The fraction of sp³-hybridized carbons (Fsp3) is 0.490. The van der Waals surface area contributed by atoms with Gasteiger partial charge in [0.15, 0.2) is 57.5 Å². The Kier molecular flexibility index (Phi) is 26.3. The highest BCUT2D eigenvalue weighted by molar-refractivity contribution is 6.05. The van der Waals surface area contributed by atoms with E-state index in [1.807, 2.05) is 74.5 Å². The molecule has 24 rings (SSSR count). The van der Waals surface area contributed by atoms with Crippen LogP contribution >= 0.6 is 0 Å². The van der Waals surface area contributed by atoms with Gasteiger partial charge in [-0.3, -0.25) is 28.9 Å². The first kappa shape index (κ1) is 97.7. The van der Waals surface area contributed by atoms with Gasteiger partial charge in [0.25, 0.3) is 29.5 Å². The summed E-state index contributed by atoms with van der Waals surface area (Å²) in [6.07, 6.45) is -15.8. The number of aromatic nitrogens is 3. The van der Waals surface area contributed by atoms with E-state index >= 15 is 0 Å². The molecule has 47 heteroatoms. The summed E-state index contributed by atoms with van der Waals surface area (Å²) in [5.41, 5.74) is 4.59. The predicted octanol–water partition coefficient (Wildman–Crippen LogP) is -3.88. The van der Waals surface area contributed by atoms with E-state index in [4.69, 9.17) is 47.4 Å². The van der Waals surface area contributed by atoms with Crippen LogP contribution in [0.3, 0.4) is 0 Å². The molecule has 11 aliphatic heterocycles. The molecule has 7 aromatic carbocycles. The lowest BCUT2D eigenvalue weighted by molar-refractivity contribution is -0.142. The number of aromatic hydroxyl groups is 5. The largest absolute Gasteiger partial charge is 0.504 e. The van der Waals surface area contributed by atoms with Crippen molar-refractivity contribution in [1.82, 2.24) is 62.0 Å². The second kappa shape index (κ2) is 38.4. The highest BCUT2D eigenvalue weighted by Crippen LogP contribution is 2.58. The Morgan fingerprint density at radius 1 is 0.371 bits per heavy atom. The second-order valence-electron chi connectivity index (χ2n) is 38.8. The molecule has 0 bridgehead atoms. The number of benzene rings is 7. The number of hydrogen-bond donors (Lipinski definition) is 27. The number of rotatable bonds is 10. The number of carbonyl (C=O) groups is 5. The van der Waals surface area contributed by atoms with E-state index < -0.39 is 211 Å². The third-order valence-corrected chi connectivity index (χ3v) is 30.1. The molecule has 8 aromatic rings. The Bertz CT molecular complexity index is 6240. The van der Waals surface area contributed by atoms with Crippen molar-refractivity contribution in [3.63, 3.8) is 0 Å². The number of phenolic OH excluding ortho intramolecular Hbond substituents is 5. The first-order valence-corrected chi connectivity index (χ1v) is 47.0. The maximum absolute atomic E-state index is 12.9. The number of phenols is 5. The predicted molar refractivity (Wildman–Crippen MR) is 486 cm³/mol. The van der Waals surface area contributed by atoms with Crippen molar-refractivity contribution in [2.45, 2.75) is 221 Å². The van der Waals surface area contributed by atoms with Gasteiger partial charge in [-0.2, -0.15) is 0 Å². The molecule has 47 nitrogen and oxygen atoms in total. The van der Waals surface area contributed by atoms with Crippen molar-refractivity contribution >= 4 is 29.5 Å². The summed E-state index contributed by atoms with van der Waals surface area (Å²) >= 11 is 0. The minimum atomic E-state index is -1.55. The number of carbonyl (C=O) groups excluding carboxylic acids is 5. The van der Waals surface area contributed by atoms with Gasteiger partial charge in [-0.25, -0.2) is 4.68 Å². The van der Waals surface area contributed by atoms with Gasteiger partial charge < -0.3 is 192 Å². The molecule has 0 unspecified atom stereocenters. The van der Waals surface area contributed by atoms with Gasteiger partial charge in [0, 0.05) is 65.9 Å². The molecule has 1 aromatic heterocycles. The normalized spacial score (nSPS) is 33.6. The average Bonchev–Trinajstić information content (AvgIpc) is 1.57. The van der Waals surface area contributed by atoms with Crippen LogP contribution in [-0.2, 0) is 6.54 Å². The number of amides is 5. The highest BCUT2D eigenvalue weighted by atomic mass is 16.7. The monoisotopic (exact) mass is 1990 g/mol. The molecule has 5 amide bonds. The van der Waals surface area contributed by atoms with Gasteiger partial charge in [-0.15, -0.1) is 5.10 Å². The Morgan fingerprint density at radius 3 is 1.06 bits per heavy atom. The number of hydrogen-bond acceptors (Lipinski definition) is 41. The Balaban J connectivity index is 0.000000110. The van der Waals surface area contributed by atoms with E-state index in [2.05, 4.69) is 52.4 Å². The minimum absolute atomic E-state index is 0.0165. The molecule has 143 heavy (non-hydrogen) atoms. The van der Waals surface area contributed by atoms with Gasteiger partial charge in [-0.1, -0.05) is 86.1 Å². The van der Waals surface area contributed by atoms with E-state index in [0.717, 1.165) is 43.5 Å². The van der Waals surface area contributed by atoms with Crippen molar-refractivity contribution in [2.75, 3.05) is 67.7 Å². The van der Waals surface area contributed by atoms with Crippen LogP contribution in [0.15, 0.2) is 97.2 Å². The Morgan fingerprint density at radius 2 is 0.685 bits per heavy atom. The van der Waals surface area contributed by atoms with Crippen LogP contribution in [0.4, 0.5) is 0 Å². The maximum Gasteiger partial charge on any atom is 0.255 e. The number of nitrogens with zero attached hydrogens (tertiary/aromatic N) is 5. The van der Waals surface area contributed by atoms with Crippen LogP contribution in [0, 0.1) is 5.92 Å². The molecule has 5 aliphatic carbocycles. The molecule has 27 N–H and O–H groups in total. The molecule has 5 saturated carbocycles. The minimum Gasteiger partial charge on any atom is -0.504 e. The van der Waals surface area contributed by atoms with Crippen LogP contribution in [0.1, 0.15) is 154 Å². The molecule has 16 aliphatic rings. The van der Waals surface area contributed by atoms with E-state index in [-0.39, 0.29) is 137 Å². The van der Waals surface area contributed by atoms with E-state index in [0.29, 0.717) is 63.8 Å². The number of likely N-dealkylation sites (tertiary alicyclic amines) is 1. The number of likely N-dealkylation sites (N-methyl/N-ethyl adjacent to an activating group) is 1. The molecule has 0 spiro atoms. The Hall–Kier alpha value is -12.7. The maximum atomic E-state index is 12.9. The first-order chi connectivity index (χ1) is 68.5. The van der Waals surface area contributed by atoms with E-state index in [1.54, 1.807) is 55.5 Å². The number of fused-ring (bicyclic) bond motifs is 20. The zero-order chi connectivity index (χ0) is 101. The van der Waals surface area contributed by atoms with Gasteiger partial charge in [0.2, 0.25) is 62.7 Å². The summed E-state index contributed by atoms with van der Waals surface area (Å²) < 4.78 is 54.6. The van der Waals surface area contributed by atoms with Crippen LogP contribution in [0.25, 0.3) is 11.3 Å². The number of aliphatic hydroxyl groups is 15. The molecule has 30 atom stereocenters. The summed E-state index contributed by atoms with van der Waals surface area (Å²) in [6, 6.07) is 19.2. The van der Waals surface area contributed by atoms with Gasteiger partial charge in [0.05, 0.1) is 94.7 Å². The van der Waals surface area contributed by atoms with Crippen molar-refractivity contribution in [3.05, 3.63) is 158 Å². The Labute approximate surface area is 812 Å². The third kappa shape index (κ3) is 16.5. The molecule has 764 valence electrons. The lowest BCUT2D eigenvalue weighted by Gasteiger charge is -2.53. The first-order valence-electron chi connectivity index (χ1n) is 47.0. The number of ether oxygens (including phenoxy) is 10. The molecular formula is C96H110N12O35. The highest BCUT2D eigenvalue weighted by Gasteiger charge is 2.62. The molecule has 12 heterocycles. The van der Waals surface area contributed by atoms with Crippen molar-refractivity contribution in [3.8, 4) is 97.5 Å². The molecule has 1 saturated heterocycles. The van der Waals surface area contributed by atoms with Crippen LogP contribution in [0.2, 0.25) is 0 Å². The smallest absolute Gasteiger partial charge is 0.255 e. The van der Waals surface area contributed by atoms with Gasteiger partial charge in [0.1, 0.15) is 72.8 Å². The van der Waals surface area contributed by atoms with Crippen molar-refractivity contribution in [2.24, 2.45) is 5.92 Å². The van der Waals surface area contributed by atoms with Gasteiger partial charge in [-0.05, 0) is 116 Å². The molecule has 0 radical (unpaired) electrons. The number of piperidine rings is 1. The van der Waals surface area contributed by atoms with Crippen LogP contribution in [0.5, 0.6) is 86.2 Å². The van der Waals surface area contributed by atoms with Crippen LogP contribution in [-0.4, -0.2) is 370 Å². The lowest BCUT2D eigenvalue weighted by Crippen LogP contribution is -2.70. The summed E-state index contributed by atoms with van der Waals surface area (Å²) in [7, 11) is 3.47. The fourth-order valence-electron chi connectivity index (χ4n) is 23.4. The average molecular weight is 1990 g/mol. The summed E-state index contributed by atoms with van der Waals surface area (Å²) in [4.78, 5) is 67.3. The fourth-order valence-corrected chi connectivity index (χ4v) is 23.4. The SMILES string of the molecule is CC(C)CN[C@H]1[C@H](O)[C@@H](O)[C@@H](O)[C@@H]2NC(=O)c3c(cc4c(c3O)OCO4)[C@@H]12.CN(C)[C@H]1[C@H](O)[C@@H](O)[C@@H](O)[C@@H]2NC(=O)c3c(cc4c(c3O)OCO4)[C@H]21.O=C1N[C@H]2[C@H](O)[C@H](O)[C@@H](O)[C@H](N3CCCCC3)[C@@H]2c2cc3c(c(O)c21)OCO3.O=C1N[C@H]2[C@H](O)[C@H](O)[C@@H](O)[C@H](NCc3ccccc3)[C@@H]2c2cc3c(c(O)c21)OCO3.O=C1N[C@H]2[C@H](O)[C@H](O)[C@@H](O)[C@H](n3cc(-c4ccccc4)nn3)[C@@H]2c2cc3c(c(O)c21)OCO3. The van der Waals surface area contributed by atoms with Crippen molar-refractivity contribution in [1.29, 1.82) is 0 Å². The second-order valence-corrected chi connectivity index (χ2v) is 38.8. The lowest BCUT2D eigenvalue weighted by atomic mass is 9.68.